The van der Waals surface area contributed by atoms with Crippen LogP contribution in [-0.4, -0.2) is 20.4 Å². The molecule has 0 aromatic heterocycles. The summed E-state index contributed by atoms with van der Waals surface area (Å²) in [7, 11) is 5.78. The Bertz CT molecular complexity index is 626. The Morgan fingerprint density at radius 2 is 2.05 bits per heavy atom. The minimum atomic E-state index is -0.333. The predicted molar refractivity (Wildman–Crippen MR) is 82.3 cm³/mol. The van der Waals surface area contributed by atoms with Crippen LogP contribution in [0.4, 0.5) is 0 Å². The van der Waals surface area contributed by atoms with Crippen LogP contribution in [0.5, 0.6) is 0 Å². The van der Waals surface area contributed by atoms with Gasteiger partial charge < -0.3 is 4.74 Å². The van der Waals surface area contributed by atoms with Crippen molar-refractivity contribution >= 4 is 25.4 Å². The third-order valence-corrected chi connectivity index (χ3v) is 3.21. The van der Waals surface area contributed by atoms with Crippen LogP contribution in [0.15, 0.2) is 42.5 Å². The average molecular weight is 285 g/mol. The third kappa shape index (κ3) is 3.23. The molecule has 0 aliphatic rings. The highest BCUT2D eigenvalue weighted by atomic mass is 35.5. The summed E-state index contributed by atoms with van der Waals surface area (Å²) < 4.78 is 4.99. The molecule has 2 radical (unpaired) electrons. The lowest BCUT2D eigenvalue weighted by molar-refractivity contribution is 0.0526. The van der Waals surface area contributed by atoms with Crippen LogP contribution < -0.4 is 0 Å². The molecule has 0 fully saturated rings. The maximum Gasteiger partial charge on any atom is 0.338 e. The molecule has 0 atom stereocenters. The highest BCUT2D eigenvalue weighted by Gasteiger charge is 2.10. The maximum absolute atomic E-state index is 11.7. The molecular formula is C16H14BClO2. The summed E-state index contributed by atoms with van der Waals surface area (Å²) in [5, 5.41) is 0.667. The number of esters is 1. The summed E-state index contributed by atoms with van der Waals surface area (Å²) in [6, 6.07) is 12.9. The van der Waals surface area contributed by atoms with Gasteiger partial charge in [-0.15, -0.1) is 0 Å². The van der Waals surface area contributed by atoms with Crippen molar-refractivity contribution in [3.63, 3.8) is 0 Å². The van der Waals surface area contributed by atoms with Gasteiger partial charge in [0.2, 0.25) is 0 Å². The third-order valence-electron chi connectivity index (χ3n) is 2.97. The molecule has 0 N–H and O–H groups in total. The van der Waals surface area contributed by atoms with Gasteiger partial charge in [0.05, 0.1) is 20.0 Å². The highest BCUT2D eigenvalue weighted by molar-refractivity contribution is 6.30. The molecule has 2 aromatic carbocycles. The summed E-state index contributed by atoms with van der Waals surface area (Å²) in [6.45, 7) is 2.13. The van der Waals surface area contributed by atoms with Crippen LogP contribution in [0.1, 0.15) is 22.8 Å². The van der Waals surface area contributed by atoms with Crippen LogP contribution in [-0.2, 0) is 11.1 Å². The first-order chi connectivity index (χ1) is 9.65. The van der Waals surface area contributed by atoms with E-state index in [1.807, 2.05) is 30.3 Å². The molecule has 0 amide bonds. The largest absolute Gasteiger partial charge is 0.462 e. The molecule has 20 heavy (non-hydrogen) atoms. The van der Waals surface area contributed by atoms with Crippen molar-refractivity contribution in [1.29, 1.82) is 0 Å². The van der Waals surface area contributed by atoms with Gasteiger partial charge >= 0.3 is 5.97 Å². The summed E-state index contributed by atoms with van der Waals surface area (Å²) in [5.41, 5.74) is 3.35. The molecule has 0 bridgehead atoms. The zero-order valence-electron chi connectivity index (χ0n) is 11.2. The summed E-state index contributed by atoms with van der Waals surface area (Å²) in [6.07, 6.45) is 0.342. The molecule has 0 heterocycles. The van der Waals surface area contributed by atoms with E-state index in [1.54, 1.807) is 19.1 Å². The van der Waals surface area contributed by atoms with Crippen LogP contribution in [0.2, 0.25) is 5.02 Å². The second-order valence-electron chi connectivity index (χ2n) is 4.31. The Morgan fingerprint density at radius 1 is 1.25 bits per heavy atom. The summed E-state index contributed by atoms with van der Waals surface area (Å²) in [4.78, 5) is 11.7. The smallest absolute Gasteiger partial charge is 0.338 e. The quantitative estimate of drug-likeness (QED) is 0.629. The van der Waals surface area contributed by atoms with E-state index in [1.165, 1.54) is 0 Å². The first-order valence-electron chi connectivity index (χ1n) is 6.41. The van der Waals surface area contributed by atoms with Gasteiger partial charge in [-0.3, -0.25) is 0 Å². The van der Waals surface area contributed by atoms with Crippen molar-refractivity contribution in [2.24, 2.45) is 0 Å². The number of carbonyl (C=O) groups is 1. The molecule has 0 aliphatic carbocycles. The summed E-state index contributed by atoms with van der Waals surface area (Å²) >= 11 is 6.01. The Balaban J connectivity index is 2.43. The van der Waals surface area contributed by atoms with Gasteiger partial charge in [-0.1, -0.05) is 36.1 Å². The normalized spacial score (nSPS) is 10.3. The number of hydrogen-bond donors (Lipinski definition) is 0. The van der Waals surface area contributed by atoms with Gasteiger partial charge in [-0.2, -0.15) is 0 Å². The van der Waals surface area contributed by atoms with Crippen molar-refractivity contribution in [2.75, 3.05) is 6.61 Å². The van der Waals surface area contributed by atoms with Gasteiger partial charge in [0, 0.05) is 5.02 Å². The first-order valence-corrected chi connectivity index (χ1v) is 6.79. The second-order valence-corrected chi connectivity index (χ2v) is 4.74. The second kappa shape index (κ2) is 6.62. The maximum atomic E-state index is 11.7. The van der Waals surface area contributed by atoms with E-state index in [0.717, 1.165) is 16.7 Å². The summed E-state index contributed by atoms with van der Waals surface area (Å²) in [5.74, 6) is -0.333. The number of halogens is 1. The van der Waals surface area contributed by atoms with E-state index < -0.39 is 0 Å². The molecule has 2 aromatic rings. The van der Waals surface area contributed by atoms with Crippen LogP contribution in [0, 0.1) is 0 Å². The minimum absolute atomic E-state index is 0.333. The fourth-order valence-electron chi connectivity index (χ4n) is 2.04. The van der Waals surface area contributed by atoms with Gasteiger partial charge in [0.1, 0.15) is 0 Å². The lowest BCUT2D eigenvalue weighted by Gasteiger charge is -2.11. The molecule has 2 rings (SSSR count). The van der Waals surface area contributed by atoms with Gasteiger partial charge in [0.15, 0.2) is 0 Å². The van der Waals surface area contributed by atoms with Crippen molar-refractivity contribution < 1.29 is 9.53 Å². The highest BCUT2D eigenvalue weighted by Crippen LogP contribution is 2.27. The SMILES string of the molecule is [B]Cc1cc(C(=O)OCC)ccc1-c1cccc(Cl)c1. The fraction of sp³-hybridized carbons (Fsp3) is 0.188. The number of hydrogen-bond acceptors (Lipinski definition) is 2. The molecule has 4 heteroatoms. The minimum Gasteiger partial charge on any atom is -0.462 e. The van der Waals surface area contributed by atoms with Crippen molar-refractivity contribution in [3.05, 3.63) is 58.6 Å². The Labute approximate surface area is 125 Å². The first kappa shape index (κ1) is 14.7. The topological polar surface area (TPSA) is 26.3 Å². The molecule has 0 spiro atoms. The molecule has 0 saturated carbocycles. The Hall–Kier alpha value is -1.74. The molecule has 2 nitrogen and oxygen atoms in total. The van der Waals surface area contributed by atoms with Gasteiger partial charge in [-0.25, -0.2) is 4.79 Å². The fourth-order valence-corrected chi connectivity index (χ4v) is 2.23. The molecule has 0 aliphatic heterocycles. The average Bonchev–Trinajstić information content (AvgIpc) is 2.46. The van der Waals surface area contributed by atoms with E-state index in [4.69, 9.17) is 24.2 Å². The van der Waals surface area contributed by atoms with E-state index in [9.17, 15) is 4.79 Å². The van der Waals surface area contributed by atoms with Gasteiger partial charge in [0.25, 0.3) is 0 Å². The lowest BCUT2D eigenvalue weighted by Crippen LogP contribution is -2.05. The lowest BCUT2D eigenvalue weighted by atomic mass is 9.88. The monoisotopic (exact) mass is 284 g/mol. The molecule has 100 valence electrons. The zero-order chi connectivity index (χ0) is 14.5. The molecule has 0 unspecified atom stereocenters. The standard InChI is InChI=1S/C16H14BClO2/c1-2-20-16(19)12-6-7-15(13(8-12)10-17)11-4-3-5-14(18)9-11/h3-9H,2,10H2,1H3. The van der Waals surface area contributed by atoms with Crippen LogP contribution in [0.3, 0.4) is 0 Å². The van der Waals surface area contributed by atoms with E-state index >= 15 is 0 Å². The van der Waals surface area contributed by atoms with Gasteiger partial charge in [-0.05, 0) is 47.9 Å². The Kier molecular flexibility index (Phi) is 4.86. The van der Waals surface area contributed by atoms with E-state index in [-0.39, 0.29) is 5.97 Å². The zero-order valence-corrected chi connectivity index (χ0v) is 12.0. The van der Waals surface area contributed by atoms with E-state index in [2.05, 4.69) is 0 Å². The van der Waals surface area contributed by atoms with E-state index in [0.29, 0.717) is 23.5 Å². The molecule has 0 saturated heterocycles. The van der Waals surface area contributed by atoms with Crippen molar-refractivity contribution in [3.8, 4) is 11.1 Å². The number of ether oxygens (including phenoxy) is 1. The number of rotatable bonds is 4. The molecular weight excluding hydrogens is 270 g/mol. The number of benzene rings is 2. The van der Waals surface area contributed by atoms with Crippen LogP contribution in [0.25, 0.3) is 11.1 Å². The van der Waals surface area contributed by atoms with Crippen molar-refractivity contribution in [1.82, 2.24) is 0 Å². The predicted octanol–water partition coefficient (Wildman–Crippen LogP) is 3.85. The Morgan fingerprint density at radius 3 is 2.70 bits per heavy atom. The van der Waals surface area contributed by atoms with Crippen LogP contribution >= 0.6 is 11.6 Å². The van der Waals surface area contributed by atoms with Crippen molar-refractivity contribution in [2.45, 2.75) is 13.2 Å². The number of carbonyl (C=O) groups excluding carboxylic acids is 1.